The molecular weight excluding hydrogens is 446 g/mol. The summed E-state index contributed by atoms with van der Waals surface area (Å²) in [5.74, 6) is 0.729. The Kier molecular flexibility index (Phi) is 5.74. The van der Waals surface area contributed by atoms with E-state index >= 15 is 0 Å². The minimum Gasteiger partial charge on any atom is -0.493 e. The molecule has 0 aliphatic rings. The maximum absolute atomic E-state index is 13.7. The summed E-state index contributed by atoms with van der Waals surface area (Å²) in [6, 6.07) is 14.6. The molecule has 0 saturated carbocycles. The van der Waals surface area contributed by atoms with Crippen molar-refractivity contribution in [2.45, 2.75) is 26.9 Å². The number of aromatic nitrogens is 4. The fourth-order valence-corrected chi connectivity index (χ4v) is 4.35. The smallest absolute Gasteiger partial charge is 0.417 e. The lowest BCUT2D eigenvalue weighted by Crippen LogP contribution is -2.21. The van der Waals surface area contributed by atoms with E-state index in [1.807, 2.05) is 44.3 Å². The Labute approximate surface area is 201 Å². The molecular formula is C26H25N5O4. The van der Waals surface area contributed by atoms with Crippen molar-refractivity contribution in [1.82, 2.24) is 18.9 Å². The second kappa shape index (κ2) is 9.02. The molecule has 1 amide bonds. The fraction of sp³-hybridized carbons (Fsp3) is 0.192. The highest BCUT2D eigenvalue weighted by molar-refractivity contribution is 6.14. The van der Waals surface area contributed by atoms with Crippen molar-refractivity contribution in [2.24, 2.45) is 0 Å². The van der Waals surface area contributed by atoms with E-state index < -0.39 is 6.09 Å². The second-order valence-corrected chi connectivity index (χ2v) is 7.92. The number of anilines is 1. The average molecular weight is 472 g/mol. The Balaban J connectivity index is 1.70. The Morgan fingerprint density at radius 2 is 1.74 bits per heavy atom. The number of hydrogen-bond donors (Lipinski definition) is 1. The van der Waals surface area contributed by atoms with Gasteiger partial charge >= 0.3 is 6.09 Å². The lowest BCUT2D eigenvalue weighted by molar-refractivity contribution is 0.213. The molecule has 0 bridgehead atoms. The highest BCUT2D eigenvalue weighted by Crippen LogP contribution is 2.34. The van der Waals surface area contributed by atoms with Crippen LogP contribution in [0, 0.1) is 0 Å². The van der Waals surface area contributed by atoms with Gasteiger partial charge < -0.3 is 18.6 Å². The molecule has 0 saturated heterocycles. The van der Waals surface area contributed by atoms with Gasteiger partial charge in [0.1, 0.15) is 5.52 Å². The fourth-order valence-electron chi connectivity index (χ4n) is 4.35. The van der Waals surface area contributed by atoms with Gasteiger partial charge in [-0.25, -0.2) is 4.79 Å². The molecule has 1 N–H and O–H groups in total. The Morgan fingerprint density at radius 3 is 2.46 bits per heavy atom. The summed E-state index contributed by atoms with van der Waals surface area (Å²) in [6.07, 6.45) is 4.60. The van der Waals surface area contributed by atoms with Crippen molar-refractivity contribution >= 4 is 33.6 Å². The molecule has 5 rings (SSSR count). The van der Waals surface area contributed by atoms with Crippen molar-refractivity contribution in [2.75, 3.05) is 12.4 Å². The number of aryl methyl sites for hydroxylation is 2. The minimum atomic E-state index is -0.693. The summed E-state index contributed by atoms with van der Waals surface area (Å²) >= 11 is 0. The molecule has 3 heterocycles. The van der Waals surface area contributed by atoms with Crippen LogP contribution in [0.25, 0.3) is 27.5 Å². The number of pyridine rings is 1. The maximum atomic E-state index is 13.7. The third kappa shape index (κ3) is 3.80. The first kappa shape index (κ1) is 22.3. The number of para-hydroxylation sites is 3. The number of hydrogen-bond acceptors (Lipinski definition) is 5. The molecule has 9 heteroatoms. The minimum absolute atomic E-state index is 0.156. The standard InChI is InChI=1S/C26H25N5O4/c1-4-29-15-17(14-27-29)31-16-19(28-26(33)35-22-13-9-8-12-21(22)34-3)23-18-10-6-7-11-20(18)30(5-2)25(32)24(23)31/h6-16H,4-5H2,1-3H3,(H,28,33). The van der Waals surface area contributed by atoms with Crippen LogP contribution in [0.4, 0.5) is 10.5 Å². The molecule has 0 unspecified atom stereocenters. The van der Waals surface area contributed by atoms with Gasteiger partial charge in [-0.3, -0.25) is 14.8 Å². The third-order valence-corrected chi connectivity index (χ3v) is 5.96. The van der Waals surface area contributed by atoms with Crippen LogP contribution < -0.4 is 20.3 Å². The van der Waals surface area contributed by atoms with Crippen molar-refractivity contribution in [3.8, 4) is 17.2 Å². The number of benzene rings is 2. The van der Waals surface area contributed by atoms with Gasteiger partial charge in [-0.2, -0.15) is 5.10 Å². The summed E-state index contributed by atoms with van der Waals surface area (Å²) < 4.78 is 16.1. The number of carbonyl (C=O) groups excluding carboxylic acids is 1. The van der Waals surface area contributed by atoms with Crippen LogP contribution in [0.2, 0.25) is 0 Å². The van der Waals surface area contributed by atoms with Crippen molar-refractivity contribution in [3.05, 3.63) is 77.5 Å². The van der Waals surface area contributed by atoms with E-state index in [0.29, 0.717) is 41.2 Å². The summed E-state index contributed by atoms with van der Waals surface area (Å²) in [4.78, 5) is 26.6. The van der Waals surface area contributed by atoms with Gasteiger partial charge in [-0.1, -0.05) is 30.3 Å². The highest BCUT2D eigenvalue weighted by Gasteiger charge is 2.22. The number of amides is 1. The van der Waals surface area contributed by atoms with Crippen LogP contribution in [0.15, 0.2) is 71.9 Å². The van der Waals surface area contributed by atoms with Crippen LogP contribution in [-0.4, -0.2) is 32.1 Å². The summed E-state index contributed by atoms with van der Waals surface area (Å²) in [5.41, 5.74) is 2.26. The van der Waals surface area contributed by atoms with Crippen LogP contribution in [0.1, 0.15) is 13.8 Å². The summed E-state index contributed by atoms with van der Waals surface area (Å²) in [5, 5.41) is 8.68. The molecule has 5 aromatic rings. The predicted octanol–water partition coefficient (Wildman–Crippen LogP) is 4.80. The molecule has 35 heavy (non-hydrogen) atoms. The number of nitrogens with one attached hydrogen (secondary N) is 1. The van der Waals surface area contributed by atoms with Gasteiger partial charge in [-0.05, 0) is 32.0 Å². The van der Waals surface area contributed by atoms with Crippen LogP contribution in [0.5, 0.6) is 11.5 Å². The predicted molar refractivity (Wildman–Crippen MR) is 135 cm³/mol. The zero-order chi connectivity index (χ0) is 24.5. The Morgan fingerprint density at radius 1 is 1.00 bits per heavy atom. The van der Waals surface area contributed by atoms with Crippen LogP contribution in [-0.2, 0) is 13.1 Å². The highest BCUT2D eigenvalue weighted by atomic mass is 16.6. The molecule has 0 fully saturated rings. The van der Waals surface area contributed by atoms with E-state index in [2.05, 4.69) is 10.4 Å². The van der Waals surface area contributed by atoms with E-state index in [1.54, 1.807) is 50.5 Å². The summed E-state index contributed by atoms with van der Waals surface area (Å²) in [6.45, 7) is 5.12. The van der Waals surface area contributed by atoms with Crippen LogP contribution >= 0.6 is 0 Å². The molecule has 0 atom stereocenters. The Bertz CT molecular complexity index is 1610. The van der Waals surface area contributed by atoms with E-state index in [0.717, 1.165) is 16.6 Å². The zero-order valence-corrected chi connectivity index (χ0v) is 19.7. The molecule has 0 aliphatic carbocycles. The van der Waals surface area contributed by atoms with Crippen molar-refractivity contribution < 1.29 is 14.3 Å². The first-order chi connectivity index (χ1) is 17.0. The lowest BCUT2D eigenvalue weighted by atomic mass is 10.1. The largest absolute Gasteiger partial charge is 0.493 e. The normalized spacial score (nSPS) is 11.2. The van der Waals surface area contributed by atoms with E-state index in [9.17, 15) is 9.59 Å². The van der Waals surface area contributed by atoms with Gasteiger partial charge in [-0.15, -0.1) is 0 Å². The van der Waals surface area contributed by atoms with Gasteiger partial charge in [0, 0.05) is 36.3 Å². The first-order valence-corrected chi connectivity index (χ1v) is 11.4. The number of ether oxygens (including phenoxy) is 2. The lowest BCUT2D eigenvalue weighted by Gasteiger charge is -2.12. The molecule has 3 aromatic heterocycles. The average Bonchev–Trinajstić information content (AvgIpc) is 3.50. The SMILES string of the molecule is CCn1cc(-n2cc(NC(=O)Oc3ccccc3OC)c3c4ccccc4n(CC)c(=O)c32)cn1. The van der Waals surface area contributed by atoms with Gasteiger partial charge in [0.05, 0.1) is 30.2 Å². The molecule has 178 valence electrons. The molecule has 2 aromatic carbocycles. The maximum Gasteiger partial charge on any atom is 0.417 e. The number of nitrogens with zero attached hydrogens (tertiary/aromatic N) is 4. The molecule has 9 nitrogen and oxygen atoms in total. The number of fused-ring (bicyclic) bond motifs is 3. The van der Waals surface area contributed by atoms with Gasteiger partial charge in [0.25, 0.3) is 5.56 Å². The third-order valence-electron chi connectivity index (χ3n) is 5.96. The van der Waals surface area contributed by atoms with Crippen molar-refractivity contribution in [3.63, 3.8) is 0 Å². The number of methoxy groups -OCH3 is 1. The van der Waals surface area contributed by atoms with E-state index in [1.165, 1.54) is 7.11 Å². The number of rotatable bonds is 6. The van der Waals surface area contributed by atoms with Gasteiger partial charge in [0.2, 0.25) is 0 Å². The molecule has 0 spiro atoms. The molecule has 0 aliphatic heterocycles. The zero-order valence-electron chi connectivity index (χ0n) is 19.7. The quantitative estimate of drug-likeness (QED) is 0.384. The summed E-state index contributed by atoms with van der Waals surface area (Å²) in [7, 11) is 1.51. The van der Waals surface area contributed by atoms with E-state index in [4.69, 9.17) is 9.47 Å². The first-order valence-electron chi connectivity index (χ1n) is 11.4. The van der Waals surface area contributed by atoms with Crippen LogP contribution in [0.3, 0.4) is 0 Å². The topological polar surface area (TPSA) is 92.3 Å². The molecule has 0 radical (unpaired) electrons. The van der Waals surface area contributed by atoms with Crippen molar-refractivity contribution in [1.29, 1.82) is 0 Å². The van der Waals surface area contributed by atoms with Gasteiger partial charge in [0.15, 0.2) is 11.5 Å². The Hall–Kier alpha value is -4.53. The monoisotopic (exact) mass is 471 g/mol. The van der Waals surface area contributed by atoms with E-state index in [-0.39, 0.29) is 5.56 Å². The number of carbonyl (C=O) groups is 1. The second-order valence-electron chi connectivity index (χ2n) is 7.92.